The van der Waals surface area contributed by atoms with E-state index >= 15 is 0 Å². The van der Waals surface area contributed by atoms with Crippen molar-refractivity contribution in [3.63, 3.8) is 0 Å². The molecule has 0 aliphatic carbocycles. The molecule has 2 aromatic carbocycles. The molecule has 0 bridgehead atoms. The number of hydrogen-bond donors (Lipinski definition) is 2. The van der Waals surface area contributed by atoms with Crippen LogP contribution >= 0.6 is 0 Å². The number of hydrogen-bond acceptors (Lipinski definition) is 4. The summed E-state index contributed by atoms with van der Waals surface area (Å²) in [6.07, 6.45) is 6.17. The zero-order chi connectivity index (χ0) is 26.2. The van der Waals surface area contributed by atoms with E-state index in [0.29, 0.717) is 0 Å². The monoisotopic (exact) mass is 488 g/mol. The van der Waals surface area contributed by atoms with E-state index in [4.69, 9.17) is 0 Å². The minimum atomic E-state index is 0.282. The first-order valence-corrected chi connectivity index (χ1v) is 13.0. The number of aromatic nitrogens is 4. The number of unbranched alkanes of at least 4 members (excludes halogenated alkanes) is 2. The Bertz CT molecular complexity index is 1270. The molecule has 6 nitrogen and oxygen atoms in total. The van der Waals surface area contributed by atoms with Gasteiger partial charge in [0.2, 0.25) is 11.8 Å². The van der Waals surface area contributed by atoms with Crippen LogP contribution in [0.4, 0.5) is 0 Å². The lowest BCUT2D eigenvalue weighted by atomic mass is 10.1. The summed E-state index contributed by atoms with van der Waals surface area (Å²) < 4.78 is 3.27. The average Bonchev–Trinajstić information content (AvgIpc) is 3.31. The second kappa shape index (κ2) is 12.4. The Labute approximate surface area is 215 Å². The van der Waals surface area contributed by atoms with Crippen LogP contribution in [0.3, 0.4) is 0 Å². The maximum atomic E-state index is 10.3. The third-order valence-electron chi connectivity index (χ3n) is 6.50. The number of aromatic hydroxyl groups is 2. The van der Waals surface area contributed by atoms with Gasteiger partial charge in [-0.1, -0.05) is 62.6 Å². The van der Waals surface area contributed by atoms with E-state index in [1.165, 1.54) is 5.56 Å². The molecule has 0 aliphatic rings. The van der Waals surface area contributed by atoms with Crippen LogP contribution in [0.15, 0.2) is 48.5 Å². The van der Waals surface area contributed by atoms with Gasteiger partial charge in [-0.15, -0.1) is 0 Å². The van der Waals surface area contributed by atoms with E-state index in [2.05, 4.69) is 24.0 Å². The Morgan fingerprint density at radius 3 is 1.69 bits per heavy atom. The maximum absolute atomic E-state index is 10.3. The fourth-order valence-corrected chi connectivity index (χ4v) is 4.22. The summed E-state index contributed by atoms with van der Waals surface area (Å²) in [7, 11) is 0. The van der Waals surface area contributed by atoms with Gasteiger partial charge >= 0.3 is 0 Å². The molecule has 0 atom stereocenters. The van der Waals surface area contributed by atoms with Crippen LogP contribution in [0.25, 0.3) is 11.4 Å². The number of para-hydroxylation sites is 1. The highest BCUT2D eigenvalue weighted by Crippen LogP contribution is 2.28. The highest BCUT2D eigenvalue weighted by Gasteiger charge is 2.16. The van der Waals surface area contributed by atoms with E-state index in [1.807, 2.05) is 76.2 Å². The van der Waals surface area contributed by atoms with Gasteiger partial charge in [-0.3, -0.25) is 0 Å². The molecule has 0 aliphatic heterocycles. The maximum Gasteiger partial charge on any atom is 0.217 e. The van der Waals surface area contributed by atoms with Crippen LogP contribution in [-0.2, 0) is 12.8 Å². The van der Waals surface area contributed by atoms with Crippen LogP contribution in [0.5, 0.6) is 11.8 Å². The lowest BCUT2D eigenvalue weighted by molar-refractivity contribution is 0.426. The molecule has 4 aromatic rings. The molecule has 0 spiro atoms. The van der Waals surface area contributed by atoms with Gasteiger partial charge in [-0.25, -0.2) is 9.36 Å². The second-order valence-corrected chi connectivity index (χ2v) is 9.43. The quantitative estimate of drug-likeness (QED) is 0.278. The second-order valence-electron chi connectivity index (χ2n) is 9.43. The number of nitrogens with zero attached hydrogens (tertiary/aromatic N) is 4. The minimum Gasteiger partial charge on any atom is -0.493 e. The Morgan fingerprint density at radius 1 is 0.667 bits per heavy atom. The minimum absolute atomic E-state index is 0.282. The fraction of sp³-hybridized carbons (Fsp3) is 0.400. The SMILES string of the molecule is CCCCc1c(C)nn(-c2ccc(C)cc2)c1O.CCCCc1c(C)nn(-c2ccccc2C)c1O. The van der Waals surface area contributed by atoms with Crippen molar-refractivity contribution >= 4 is 0 Å². The van der Waals surface area contributed by atoms with E-state index in [-0.39, 0.29) is 11.8 Å². The largest absolute Gasteiger partial charge is 0.493 e. The highest BCUT2D eigenvalue weighted by atomic mass is 16.3. The Balaban J connectivity index is 0.000000201. The summed E-state index contributed by atoms with van der Waals surface area (Å²) in [6.45, 7) is 12.3. The summed E-state index contributed by atoms with van der Waals surface area (Å²) in [5.74, 6) is 0.569. The number of rotatable bonds is 8. The predicted octanol–water partition coefficient (Wildman–Crippen LogP) is 7.07. The highest BCUT2D eigenvalue weighted by molar-refractivity contribution is 5.45. The molecule has 2 aromatic heterocycles. The van der Waals surface area contributed by atoms with Gasteiger partial charge in [0.25, 0.3) is 0 Å². The first-order chi connectivity index (χ1) is 17.3. The number of aryl methyl sites for hydroxylation is 4. The van der Waals surface area contributed by atoms with Gasteiger partial charge in [0.05, 0.1) is 22.8 Å². The Hall–Kier alpha value is -3.54. The van der Waals surface area contributed by atoms with Gasteiger partial charge in [0.1, 0.15) is 0 Å². The predicted molar refractivity (Wildman–Crippen MR) is 147 cm³/mol. The summed E-state index contributed by atoms with van der Waals surface area (Å²) in [5.41, 5.74) is 7.94. The molecule has 0 saturated carbocycles. The zero-order valence-corrected chi connectivity index (χ0v) is 22.5. The van der Waals surface area contributed by atoms with Gasteiger partial charge in [-0.05, 0) is 77.1 Å². The summed E-state index contributed by atoms with van der Waals surface area (Å²) in [6, 6.07) is 16.0. The molecule has 4 rings (SSSR count). The molecule has 2 N–H and O–H groups in total. The average molecular weight is 489 g/mol. The molecule has 6 heteroatoms. The lowest BCUT2D eigenvalue weighted by Gasteiger charge is -2.06. The van der Waals surface area contributed by atoms with E-state index in [1.54, 1.807) is 9.36 Å². The van der Waals surface area contributed by atoms with Crippen LogP contribution in [0, 0.1) is 27.7 Å². The zero-order valence-electron chi connectivity index (χ0n) is 22.5. The molecule has 2 heterocycles. The van der Waals surface area contributed by atoms with Crippen molar-refractivity contribution in [2.75, 3.05) is 0 Å². The fourth-order valence-electron chi connectivity index (χ4n) is 4.22. The normalized spacial score (nSPS) is 10.8. The van der Waals surface area contributed by atoms with Crippen molar-refractivity contribution in [1.29, 1.82) is 0 Å². The van der Waals surface area contributed by atoms with Gasteiger partial charge in [0, 0.05) is 11.1 Å². The summed E-state index contributed by atoms with van der Waals surface area (Å²) in [4.78, 5) is 0. The molecule has 0 saturated heterocycles. The van der Waals surface area contributed by atoms with E-state index < -0.39 is 0 Å². The molecule has 192 valence electrons. The summed E-state index contributed by atoms with van der Waals surface area (Å²) in [5, 5.41) is 29.5. The molecular weight excluding hydrogens is 448 g/mol. The van der Waals surface area contributed by atoms with E-state index in [0.717, 1.165) is 78.0 Å². The van der Waals surface area contributed by atoms with Crippen LogP contribution < -0.4 is 0 Å². The smallest absolute Gasteiger partial charge is 0.217 e. The standard InChI is InChI=1S/2C15H20N2O/c1-4-5-9-13-12(3)16-17(15(13)18)14-10-7-6-8-11(14)2;1-4-5-6-14-12(3)16-17(15(14)18)13-9-7-11(2)8-10-13/h6-8,10,18H,4-5,9H2,1-3H3;7-10,18H,4-6H2,1-3H3. The third-order valence-corrected chi connectivity index (χ3v) is 6.50. The van der Waals surface area contributed by atoms with Crippen molar-refractivity contribution < 1.29 is 10.2 Å². The van der Waals surface area contributed by atoms with E-state index in [9.17, 15) is 10.2 Å². The molecule has 0 amide bonds. The number of benzene rings is 2. The Morgan fingerprint density at radius 2 is 1.17 bits per heavy atom. The van der Waals surface area contributed by atoms with Crippen LogP contribution in [0.1, 0.15) is 73.2 Å². The van der Waals surface area contributed by atoms with Crippen LogP contribution in [0.2, 0.25) is 0 Å². The molecule has 0 fully saturated rings. The first kappa shape index (κ1) is 27.1. The molecule has 0 radical (unpaired) electrons. The van der Waals surface area contributed by atoms with Crippen molar-refractivity contribution in [3.05, 3.63) is 82.2 Å². The first-order valence-electron chi connectivity index (χ1n) is 13.0. The van der Waals surface area contributed by atoms with Crippen molar-refractivity contribution in [1.82, 2.24) is 19.6 Å². The van der Waals surface area contributed by atoms with Crippen molar-refractivity contribution in [3.8, 4) is 23.1 Å². The molecule has 36 heavy (non-hydrogen) atoms. The van der Waals surface area contributed by atoms with Crippen LogP contribution in [-0.4, -0.2) is 29.8 Å². The summed E-state index contributed by atoms with van der Waals surface area (Å²) >= 11 is 0. The Kier molecular flexibility index (Phi) is 9.34. The van der Waals surface area contributed by atoms with Gasteiger partial charge < -0.3 is 10.2 Å². The van der Waals surface area contributed by atoms with Gasteiger partial charge in [0.15, 0.2) is 0 Å². The van der Waals surface area contributed by atoms with Crippen molar-refractivity contribution in [2.45, 2.75) is 80.1 Å². The molecule has 0 unspecified atom stereocenters. The van der Waals surface area contributed by atoms with Crippen molar-refractivity contribution in [2.24, 2.45) is 0 Å². The third kappa shape index (κ3) is 6.17. The topological polar surface area (TPSA) is 76.1 Å². The van der Waals surface area contributed by atoms with Gasteiger partial charge in [-0.2, -0.15) is 10.2 Å². The molecular formula is C30H40N4O2. The lowest BCUT2D eigenvalue weighted by Crippen LogP contribution is -1.98.